The van der Waals surface area contributed by atoms with Crippen LogP contribution < -0.4 is 5.32 Å². The lowest BCUT2D eigenvalue weighted by atomic mass is 10.2. The lowest BCUT2D eigenvalue weighted by Crippen LogP contribution is -2.32. The minimum Gasteiger partial charge on any atom is -0.481 e. The van der Waals surface area contributed by atoms with E-state index < -0.39 is 5.97 Å². The molecule has 0 saturated carbocycles. The topological polar surface area (TPSA) is 66.4 Å². The molecular weight excluding hydrogens is 226 g/mol. The number of thiophene rings is 1. The smallest absolute Gasteiger partial charge is 0.303 e. The molecule has 1 atom stereocenters. The van der Waals surface area contributed by atoms with Crippen LogP contribution in [0.1, 0.15) is 35.0 Å². The second-order valence-corrected chi connectivity index (χ2v) is 4.66. The third kappa shape index (κ3) is 3.66. The first-order valence-corrected chi connectivity index (χ1v) is 5.95. The second-order valence-electron chi connectivity index (χ2n) is 3.74. The highest BCUT2D eigenvalue weighted by molar-refractivity contribution is 7.12. The van der Waals surface area contributed by atoms with Gasteiger partial charge in [0.1, 0.15) is 0 Å². The van der Waals surface area contributed by atoms with Gasteiger partial charge >= 0.3 is 5.97 Å². The van der Waals surface area contributed by atoms with Gasteiger partial charge in [-0.1, -0.05) is 0 Å². The summed E-state index contributed by atoms with van der Waals surface area (Å²) >= 11 is 1.40. The van der Waals surface area contributed by atoms with Gasteiger partial charge in [0, 0.05) is 12.5 Å². The largest absolute Gasteiger partial charge is 0.481 e. The molecule has 4 nitrogen and oxygen atoms in total. The molecule has 5 heteroatoms. The Balaban J connectivity index is 2.46. The number of amides is 1. The Morgan fingerprint density at radius 1 is 1.56 bits per heavy atom. The van der Waals surface area contributed by atoms with Crippen molar-refractivity contribution in [3.8, 4) is 0 Å². The Kier molecular flexibility index (Phi) is 4.49. The van der Waals surface area contributed by atoms with Gasteiger partial charge in [-0.25, -0.2) is 0 Å². The Bertz CT molecular complexity index is 386. The molecule has 0 radical (unpaired) electrons. The molecule has 0 spiro atoms. The van der Waals surface area contributed by atoms with Crippen molar-refractivity contribution in [1.82, 2.24) is 5.32 Å². The molecular formula is C11H15NO3S. The van der Waals surface area contributed by atoms with Crippen LogP contribution in [0.15, 0.2) is 11.4 Å². The van der Waals surface area contributed by atoms with Crippen LogP contribution in [-0.2, 0) is 4.79 Å². The second kappa shape index (κ2) is 5.65. The first-order valence-electron chi connectivity index (χ1n) is 5.07. The van der Waals surface area contributed by atoms with E-state index in [-0.39, 0.29) is 18.4 Å². The third-order valence-corrected chi connectivity index (χ3v) is 3.25. The maximum absolute atomic E-state index is 11.7. The average molecular weight is 241 g/mol. The molecule has 88 valence electrons. The molecule has 1 heterocycles. The van der Waals surface area contributed by atoms with Gasteiger partial charge in [-0.05, 0) is 37.3 Å². The van der Waals surface area contributed by atoms with Gasteiger partial charge in [-0.15, -0.1) is 11.3 Å². The summed E-state index contributed by atoms with van der Waals surface area (Å²) < 4.78 is 0. The Labute approximate surface area is 98.3 Å². The summed E-state index contributed by atoms with van der Waals surface area (Å²) in [4.78, 5) is 22.8. The minimum absolute atomic E-state index is 0.0743. The number of aryl methyl sites for hydroxylation is 1. The summed E-state index contributed by atoms with van der Waals surface area (Å²) in [6, 6.07) is 1.77. The van der Waals surface area contributed by atoms with E-state index >= 15 is 0 Å². The van der Waals surface area contributed by atoms with Crippen molar-refractivity contribution in [2.24, 2.45) is 0 Å². The Morgan fingerprint density at radius 2 is 2.25 bits per heavy atom. The van der Waals surface area contributed by atoms with Gasteiger partial charge in [0.05, 0.1) is 4.88 Å². The van der Waals surface area contributed by atoms with Crippen molar-refractivity contribution in [2.45, 2.75) is 32.7 Å². The number of rotatable bonds is 5. The van der Waals surface area contributed by atoms with Crippen molar-refractivity contribution < 1.29 is 14.7 Å². The van der Waals surface area contributed by atoms with E-state index in [1.807, 2.05) is 25.3 Å². The highest BCUT2D eigenvalue weighted by Crippen LogP contribution is 2.15. The van der Waals surface area contributed by atoms with E-state index in [2.05, 4.69) is 5.32 Å². The van der Waals surface area contributed by atoms with Crippen molar-refractivity contribution in [1.29, 1.82) is 0 Å². The summed E-state index contributed by atoms with van der Waals surface area (Å²) in [5.41, 5.74) is 0.952. The van der Waals surface area contributed by atoms with E-state index in [0.29, 0.717) is 11.3 Å². The SMILES string of the molecule is Cc1ccsc1C(=O)NC(C)CCC(=O)O. The third-order valence-electron chi connectivity index (χ3n) is 2.24. The first-order chi connectivity index (χ1) is 7.50. The van der Waals surface area contributed by atoms with Gasteiger partial charge in [0.15, 0.2) is 0 Å². The highest BCUT2D eigenvalue weighted by atomic mass is 32.1. The zero-order valence-corrected chi connectivity index (χ0v) is 10.1. The van der Waals surface area contributed by atoms with E-state index in [9.17, 15) is 9.59 Å². The maximum atomic E-state index is 11.7. The van der Waals surface area contributed by atoms with E-state index in [4.69, 9.17) is 5.11 Å². The van der Waals surface area contributed by atoms with Gasteiger partial charge in [0.25, 0.3) is 5.91 Å². The van der Waals surface area contributed by atoms with Gasteiger partial charge < -0.3 is 10.4 Å². The molecule has 0 aliphatic heterocycles. The van der Waals surface area contributed by atoms with Crippen molar-refractivity contribution in [2.75, 3.05) is 0 Å². The molecule has 1 unspecified atom stereocenters. The minimum atomic E-state index is -0.839. The fourth-order valence-electron chi connectivity index (χ4n) is 1.31. The van der Waals surface area contributed by atoms with Crippen LogP contribution in [0.2, 0.25) is 0 Å². The standard InChI is InChI=1S/C11H15NO3S/c1-7-5-6-16-10(7)11(15)12-8(2)3-4-9(13)14/h5-6,8H,3-4H2,1-2H3,(H,12,15)(H,13,14). The predicted octanol–water partition coefficient (Wildman–Crippen LogP) is 2.04. The van der Waals surface area contributed by atoms with E-state index in [1.165, 1.54) is 11.3 Å². The van der Waals surface area contributed by atoms with Crippen molar-refractivity contribution in [3.05, 3.63) is 21.9 Å². The van der Waals surface area contributed by atoms with Crippen LogP contribution in [0.3, 0.4) is 0 Å². The van der Waals surface area contributed by atoms with E-state index in [0.717, 1.165) is 5.56 Å². The number of carbonyl (C=O) groups is 2. The maximum Gasteiger partial charge on any atom is 0.303 e. The van der Waals surface area contributed by atoms with Crippen molar-refractivity contribution in [3.63, 3.8) is 0 Å². The number of carbonyl (C=O) groups excluding carboxylic acids is 1. The van der Waals surface area contributed by atoms with Crippen molar-refractivity contribution >= 4 is 23.2 Å². The molecule has 1 aromatic heterocycles. The Morgan fingerprint density at radius 3 is 2.75 bits per heavy atom. The zero-order chi connectivity index (χ0) is 12.1. The summed E-state index contributed by atoms with van der Waals surface area (Å²) in [6.07, 6.45) is 0.524. The zero-order valence-electron chi connectivity index (χ0n) is 9.32. The molecule has 1 rings (SSSR count). The normalized spacial score (nSPS) is 12.1. The fraction of sp³-hybridized carbons (Fsp3) is 0.455. The Hall–Kier alpha value is -1.36. The molecule has 16 heavy (non-hydrogen) atoms. The van der Waals surface area contributed by atoms with Crippen LogP contribution >= 0.6 is 11.3 Å². The molecule has 0 aliphatic rings. The summed E-state index contributed by atoms with van der Waals surface area (Å²) in [5.74, 6) is -0.959. The molecule has 0 fully saturated rings. The van der Waals surface area contributed by atoms with Crippen LogP contribution in [0.4, 0.5) is 0 Å². The van der Waals surface area contributed by atoms with Gasteiger partial charge in [-0.2, -0.15) is 0 Å². The van der Waals surface area contributed by atoms with E-state index in [1.54, 1.807) is 0 Å². The molecule has 0 aromatic carbocycles. The van der Waals surface area contributed by atoms with Gasteiger partial charge in [0.2, 0.25) is 0 Å². The molecule has 0 saturated heterocycles. The number of hydrogen-bond acceptors (Lipinski definition) is 3. The first kappa shape index (κ1) is 12.7. The summed E-state index contributed by atoms with van der Waals surface area (Å²) in [6.45, 7) is 3.69. The summed E-state index contributed by atoms with van der Waals surface area (Å²) in [7, 11) is 0. The average Bonchev–Trinajstić information content (AvgIpc) is 2.61. The monoisotopic (exact) mass is 241 g/mol. The highest BCUT2D eigenvalue weighted by Gasteiger charge is 2.13. The molecule has 1 aromatic rings. The van der Waals surface area contributed by atoms with Crippen LogP contribution in [-0.4, -0.2) is 23.0 Å². The number of hydrogen-bond donors (Lipinski definition) is 2. The number of carboxylic acids is 1. The number of nitrogens with one attached hydrogen (secondary N) is 1. The lowest BCUT2D eigenvalue weighted by Gasteiger charge is -2.12. The number of carboxylic acid groups (broad SMARTS) is 1. The summed E-state index contributed by atoms with van der Waals surface area (Å²) in [5, 5.41) is 13.2. The number of aliphatic carboxylic acids is 1. The van der Waals surface area contributed by atoms with Crippen LogP contribution in [0.25, 0.3) is 0 Å². The van der Waals surface area contributed by atoms with Crippen LogP contribution in [0.5, 0.6) is 0 Å². The quantitative estimate of drug-likeness (QED) is 0.829. The predicted molar refractivity (Wildman–Crippen MR) is 62.9 cm³/mol. The van der Waals surface area contributed by atoms with Gasteiger partial charge in [-0.3, -0.25) is 9.59 Å². The molecule has 0 aliphatic carbocycles. The molecule has 1 amide bonds. The lowest BCUT2D eigenvalue weighted by molar-refractivity contribution is -0.137. The molecule has 2 N–H and O–H groups in total. The fourth-order valence-corrected chi connectivity index (χ4v) is 2.13. The van der Waals surface area contributed by atoms with Crippen LogP contribution in [0, 0.1) is 6.92 Å². The molecule has 0 bridgehead atoms.